The zero-order valence-corrected chi connectivity index (χ0v) is 12.5. The van der Waals surface area contributed by atoms with E-state index in [1.807, 2.05) is 18.2 Å². The Labute approximate surface area is 119 Å². The number of rotatable bonds is 3. The molecule has 2 rings (SSSR count). The van der Waals surface area contributed by atoms with Gasteiger partial charge in [0.25, 0.3) is 0 Å². The molecule has 0 saturated carbocycles. The molecule has 0 aliphatic heterocycles. The average molecular weight is 272 g/mol. The minimum atomic E-state index is 0.195. The van der Waals surface area contributed by atoms with E-state index in [2.05, 4.69) is 50.0 Å². The van der Waals surface area contributed by atoms with Gasteiger partial charge in [-0.2, -0.15) is 0 Å². The van der Waals surface area contributed by atoms with Crippen molar-refractivity contribution in [2.24, 2.45) is 5.73 Å². The Kier molecular flexibility index (Phi) is 4.27. The van der Waals surface area contributed by atoms with E-state index in [0.717, 1.165) is 10.7 Å². The second kappa shape index (κ2) is 5.76. The number of nitrogens with two attached hydrogens (primary N) is 1. The molecule has 1 aromatic heterocycles. The molecule has 2 aromatic rings. The van der Waals surface area contributed by atoms with Crippen molar-refractivity contribution in [2.75, 3.05) is 0 Å². The van der Waals surface area contributed by atoms with Crippen LogP contribution in [-0.2, 0) is 12.0 Å². The lowest BCUT2D eigenvalue weighted by molar-refractivity contribution is 0.590. The molecule has 0 amide bonds. The topological polar surface area (TPSA) is 38.9 Å². The number of pyridine rings is 1. The molecule has 1 heterocycles. The predicted molar refractivity (Wildman–Crippen MR) is 81.4 cm³/mol. The molecular formula is C16H20N2S. The summed E-state index contributed by atoms with van der Waals surface area (Å²) in [6, 6.07) is 14.7. The van der Waals surface area contributed by atoms with Gasteiger partial charge in [-0.1, -0.05) is 50.7 Å². The van der Waals surface area contributed by atoms with Gasteiger partial charge >= 0.3 is 0 Å². The first-order valence-electron chi connectivity index (χ1n) is 6.43. The van der Waals surface area contributed by atoms with Crippen LogP contribution in [0.15, 0.2) is 52.4 Å². The molecule has 2 N–H and O–H groups in total. The second-order valence-corrected chi connectivity index (χ2v) is 6.64. The van der Waals surface area contributed by atoms with Gasteiger partial charge < -0.3 is 5.73 Å². The maximum atomic E-state index is 5.61. The van der Waals surface area contributed by atoms with Gasteiger partial charge in [-0.3, -0.25) is 0 Å². The molecule has 0 aliphatic rings. The lowest BCUT2D eigenvalue weighted by Gasteiger charge is -2.19. The van der Waals surface area contributed by atoms with Crippen molar-refractivity contribution in [3.8, 4) is 0 Å². The monoisotopic (exact) mass is 272 g/mol. The molecule has 0 radical (unpaired) electrons. The van der Waals surface area contributed by atoms with Crippen LogP contribution in [0.25, 0.3) is 0 Å². The Morgan fingerprint density at radius 3 is 2.32 bits per heavy atom. The van der Waals surface area contributed by atoms with Gasteiger partial charge in [-0.15, -0.1) is 0 Å². The summed E-state index contributed by atoms with van der Waals surface area (Å²) in [5.41, 5.74) is 8.08. The smallest absolute Gasteiger partial charge is 0.101 e. The van der Waals surface area contributed by atoms with Crippen molar-refractivity contribution in [3.05, 3.63) is 53.7 Å². The first-order valence-corrected chi connectivity index (χ1v) is 7.25. The third kappa shape index (κ3) is 3.82. The first kappa shape index (κ1) is 14.1. The van der Waals surface area contributed by atoms with Crippen molar-refractivity contribution in [1.82, 2.24) is 4.98 Å². The van der Waals surface area contributed by atoms with Gasteiger partial charge in [0.15, 0.2) is 0 Å². The Bertz CT molecular complexity index is 541. The summed E-state index contributed by atoms with van der Waals surface area (Å²) in [5, 5.41) is 0.992. The normalized spacial score (nSPS) is 11.6. The third-order valence-corrected chi connectivity index (χ3v) is 3.88. The fraction of sp³-hybridized carbons (Fsp3) is 0.312. The molecule has 19 heavy (non-hydrogen) atoms. The van der Waals surface area contributed by atoms with Gasteiger partial charge in [0, 0.05) is 11.4 Å². The van der Waals surface area contributed by atoms with E-state index in [9.17, 15) is 0 Å². The van der Waals surface area contributed by atoms with Crippen LogP contribution >= 0.6 is 11.8 Å². The average Bonchev–Trinajstić information content (AvgIpc) is 2.38. The van der Waals surface area contributed by atoms with Gasteiger partial charge in [-0.05, 0) is 35.2 Å². The van der Waals surface area contributed by atoms with E-state index in [0.29, 0.717) is 6.54 Å². The summed E-state index contributed by atoms with van der Waals surface area (Å²) in [6.07, 6.45) is 0. The van der Waals surface area contributed by atoms with E-state index >= 15 is 0 Å². The van der Waals surface area contributed by atoms with E-state index in [-0.39, 0.29) is 5.41 Å². The van der Waals surface area contributed by atoms with Crippen molar-refractivity contribution >= 4 is 11.8 Å². The largest absolute Gasteiger partial charge is 0.325 e. The van der Waals surface area contributed by atoms with Gasteiger partial charge in [-0.25, -0.2) is 4.98 Å². The second-order valence-electron chi connectivity index (χ2n) is 5.55. The molecule has 0 unspecified atom stereocenters. The third-order valence-electron chi connectivity index (χ3n) is 2.93. The van der Waals surface area contributed by atoms with Crippen LogP contribution in [0.4, 0.5) is 0 Å². The lowest BCUT2D eigenvalue weighted by Crippen LogP contribution is -2.10. The molecule has 0 atom stereocenters. The highest BCUT2D eigenvalue weighted by molar-refractivity contribution is 7.99. The Balaban J connectivity index is 2.15. The van der Waals surface area contributed by atoms with E-state index in [4.69, 9.17) is 5.73 Å². The van der Waals surface area contributed by atoms with E-state index in [1.54, 1.807) is 11.8 Å². The van der Waals surface area contributed by atoms with Crippen LogP contribution in [0.2, 0.25) is 0 Å². The van der Waals surface area contributed by atoms with E-state index < -0.39 is 0 Å². The SMILES string of the molecule is CC(C)(C)c1ccc(Sc2cccc(CN)n2)cc1. The molecular weight excluding hydrogens is 252 g/mol. The van der Waals surface area contributed by atoms with Crippen LogP contribution in [0.5, 0.6) is 0 Å². The zero-order chi connectivity index (χ0) is 13.9. The van der Waals surface area contributed by atoms with Crippen LogP contribution in [0, 0.1) is 0 Å². The first-order chi connectivity index (χ1) is 8.99. The number of nitrogens with zero attached hydrogens (tertiary/aromatic N) is 1. The van der Waals surface area contributed by atoms with Crippen LogP contribution in [0.3, 0.4) is 0 Å². The summed E-state index contributed by atoms with van der Waals surface area (Å²) in [6.45, 7) is 7.15. The molecule has 3 heteroatoms. The minimum Gasteiger partial charge on any atom is -0.325 e. The van der Waals surface area contributed by atoms with Crippen molar-refractivity contribution in [2.45, 2.75) is 42.7 Å². The molecule has 2 nitrogen and oxygen atoms in total. The minimum absolute atomic E-state index is 0.195. The van der Waals surface area contributed by atoms with Crippen LogP contribution < -0.4 is 5.73 Å². The highest BCUT2D eigenvalue weighted by Gasteiger charge is 2.13. The van der Waals surface area contributed by atoms with Crippen LogP contribution in [-0.4, -0.2) is 4.98 Å². The maximum absolute atomic E-state index is 5.61. The summed E-state index contributed by atoms with van der Waals surface area (Å²) < 4.78 is 0. The fourth-order valence-electron chi connectivity index (χ4n) is 1.77. The molecule has 0 fully saturated rings. The maximum Gasteiger partial charge on any atom is 0.101 e. The number of hydrogen-bond donors (Lipinski definition) is 1. The molecule has 0 saturated heterocycles. The van der Waals surface area contributed by atoms with Crippen molar-refractivity contribution in [3.63, 3.8) is 0 Å². The summed E-state index contributed by atoms with van der Waals surface area (Å²) in [7, 11) is 0. The van der Waals surface area contributed by atoms with Crippen LogP contribution in [0.1, 0.15) is 32.0 Å². The summed E-state index contributed by atoms with van der Waals surface area (Å²) in [5.74, 6) is 0. The summed E-state index contributed by atoms with van der Waals surface area (Å²) in [4.78, 5) is 5.70. The molecule has 0 aliphatic carbocycles. The predicted octanol–water partition coefficient (Wildman–Crippen LogP) is 3.99. The molecule has 100 valence electrons. The van der Waals surface area contributed by atoms with E-state index in [1.165, 1.54) is 10.5 Å². The van der Waals surface area contributed by atoms with Crippen molar-refractivity contribution < 1.29 is 0 Å². The Morgan fingerprint density at radius 2 is 1.74 bits per heavy atom. The number of aromatic nitrogens is 1. The fourth-order valence-corrected chi connectivity index (χ4v) is 2.59. The van der Waals surface area contributed by atoms with Gasteiger partial charge in [0.2, 0.25) is 0 Å². The standard InChI is InChI=1S/C16H20N2S/c1-16(2,3)12-7-9-14(10-8-12)19-15-6-4-5-13(11-17)18-15/h4-10H,11,17H2,1-3H3. The number of hydrogen-bond acceptors (Lipinski definition) is 3. The summed E-state index contributed by atoms with van der Waals surface area (Å²) >= 11 is 1.67. The van der Waals surface area contributed by atoms with Gasteiger partial charge in [0.1, 0.15) is 5.03 Å². The molecule has 0 bridgehead atoms. The lowest BCUT2D eigenvalue weighted by atomic mass is 9.87. The van der Waals surface area contributed by atoms with Crippen molar-refractivity contribution in [1.29, 1.82) is 0 Å². The molecule has 1 aromatic carbocycles. The Hall–Kier alpha value is -1.32. The Morgan fingerprint density at radius 1 is 1.05 bits per heavy atom. The molecule has 0 spiro atoms. The quantitative estimate of drug-likeness (QED) is 0.918. The number of benzene rings is 1. The highest BCUT2D eigenvalue weighted by atomic mass is 32.2. The zero-order valence-electron chi connectivity index (χ0n) is 11.7. The van der Waals surface area contributed by atoms with Gasteiger partial charge in [0.05, 0.1) is 5.69 Å². The highest BCUT2D eigenvalue weighted by Crippen LogP contribution is 2.29.